The first kappa shape index (κ1) is 12.6. The first-order chi connectivity index (χ1) is 7.98. The van der Waals surface area contributed by atoms with E-state index in [4.69, 9.17) is 9.47 Å². The minimum absolute atomic E-state index is 0.0165. The molecule has 0 aromatic heterocycles. The van der Waals surface area contributed by atoms with Gasteiger partial charge in [0.05, 0.1) is 24.9 Å². The molecule has 0 aromatic rings. The molecule has 0 spiro atoms. The number of nitrogens with one attached hydrogen (secondary N) is 1. The molecule has 6 heteroatoms. The monoisotopic (exact) mass is 244 g/mol. The van der Waals surface area contributed by atoms with Gasteiger partial charge in [0.2, 0.25) is 0 Å². The normalized spacial score (nSPS) is 33.2. The van der Waals surface area contributed by atoms with E-state index in [1.807, 2.05) is 13.8 Å². The SMILES string of the molecule is CC1(C)CN(CC2CNC(=O)O2)CC(CO)O1. The largest absolute Gasteiger partial charge is 0.443 e. The van der Waals surface area contributed by atoms with Crippen LogP contribution >= 0.6 is 0 Å². The van der Waals surface area contributed by atoms with Crippen LogP contribution in [0.5, 0.6) is 0 Å². The minimum Gasteiger partial charge on any atom is -0.443 e. The number of amides is 1. The van der Waals surface area contributed by atoms with E-state index in [9.17, 15) is 9.90 Å². The fraction of sp³-hybridized carbons (Fsp3) is 0.909. The Hall–Kier alpha value is -0.850. The molecule has 0 aliphatic carbocycles. The third kappa shape index (κ3) is 3.31. The molecule has 2 heterocycles. The van der Waals surface area contributed by atoms with Crippen molar-refractivity contribution in [3.8, 4) is 0 Å². The molecule has 2 rings (SSSR count). The van der Waals surface area contributed by atoms with E-state index in [1.54, 1.807) is 0 Å². The first-order valence-electron chi connectivity index (χ1n) is 5.94. The number of carbonyl (C=O) groups is 1. The molecule has 1 amide bonds. The van der Waals surface area contributed by atoms with Gasteiger partial charge in [0.1, 0.15) is 6.10 Å². The summed E-state index contributed by atoms with van der Waals surface area (Å²) in [6.45, 7) is 6.71. The predicted octanol–water partition coefficient (Wildman–Crippen LogP) is -0.433. The van der Waals surface area contributed by atoms with Crippen LogP contribution in [0.25, 0.3) is 0 Å². The van der Waals surface area contributed by atoms with E-state index in [2.05, 4.69) is 10.2 Å². The van der Waals surface area contributed by atoms with Gasteiger partial charge in [-0.1, -0.05) is 0 Å². The summed E-state index contributed by atoms with van der Waals surface area (Å²) in [5.41, 5.74) is -0.276. The van der Waals surface area contributed by atoms with E-state index in [0.29, 0.717) is 19.6 Å². The topological polar surface area (TPSA) is 71.0 Å². The molecular weight excluding hydrogens is 224 g/mol. The van der Waals surface area contributed by atoms with Crippen molar-refractivity contribution in [3.63, 3.8) is 0 Å². The molecule has 2 aliphatic rings. The molecule has 98 valence electrons. The zero-order chi connectivity index (χ0) is 12.5. The number of aliphatic hydroxyl groups excluding tert-OH is 1. The van der Waals surface area contributed by atoms with Crippen LogP contribution in [0.4, 0.5) is 4.79 Å². The van der Waals surface area contributed by atoms with E-state index in [1.165, 1.54) is 0 Å². The van der Waals surface area contributed by atoms with Gasteiger partial charge in [-0.25, -0.2) is 4.79 Å². The number of ether oxygens (including phenoxy) is 2. The summed E-state index contributed by atoms with van der Waals surface area (Å²) >= 11 is 0. The van der Waals surface area contributed by atoms with Crippen molar-refractivity contribution in [2.75, 3.05) is 32.8 Å². The molecule has 2 saturated heterocycles. The second-order valence-electron chi connectivity index (χ2n) is 5.28. The average Bonchev–Trinajstić information content (AvgIpc) is 2.61. The Balaban J connectivity index is 1.89. The second-order valence-corrected chi connectivity index (χ2v) is 5.28. The molecule has 0 aromatic carbocycles. The quantitative estimate of drug-likeness (QED) is 0.704. The number of rotatable bonds is 3. The van der Waals surface area contributed by atoms with Gasteiger partial charge in [0.15, 0.2) is 0 Å². The maximum absolute atomic E-state index is 10.9. The summed E-state index contributed by atoms with van der Waals surface area (Å²) in [6, 6.07) is 0. The van der Waals surface area contributed by atoms with Crippen LogP contribution < -0.4 is 5.32 Å². The lowest BCUT2D eigenvalue weighted by Gasteiger charge is -2.42. The number of hydrogen-bond donors (Lipinski definition) is 2. The van der Waals surface area contributed by atoms with Crippen molar-refractivity contribution in [1.29, 1.82) is 0 Å². The van der Waals surface area contributed by atoms with Crippen molar-refractivity contribution in [1.82, 2.24) is 10.2 Å². The highest BCUT2D eigenvalue weighted by Crippen LogP contribution is 2.21. The first-order valence-corrected chi connectivity index (χ1v) is 5.94. The van der Waals surface area contributed by atoms with Gasteiger partial charge in [0.25, 0.3) is 0 Å². The van der Waals surface area contributed by atoms with Gasteiger partial charge in [0, 0.05) is 19.6 Å². The standard InChI is InChI=1S/C11H20N2O4/c1-11(2)7-13(5-9(6-14)17-11)4-8-3-12-10(15)16-8/h8-9,14H,3-7H2,1-2H3,(H,12,15). The summed E-state index contributed by atoms with van der Waals surface area (Å²) in [4.78, 5) is 13.1. The molecule has 2 unspecified atom stereocenters. The van der Waals surface area contributed by atoms with Crippen LogP contribution in [0.1, 0.15) is 13.8 Å². The molecule has 6 nitrogen and oxygen atoms in total. The van der Waals surface area contributed by atoms with Crippen LogP contribution in [0.3, 0.4) is 0 Å². The van der Waals surface area contributed by atoms with Crippen LogP contribution in [-0.2, 0) is 9.47 Å². The maximum atomic E-state index is 10.9. The van der Waals surface area contributed by atoms with Gasteiger partial charge < -0.3 is 19.9 Å². The Morgan fingerprint density at radius 3 is 2.88 bits per heavy atom. The lowest BCUT2D eigenvalue weighted by Crippen LogP contribution is -2.55. The molecule has 0 bridgehead atoms. The summed E-state index contributed by atoms with van der Waals surface area (Å²) in [5, 5.41) is 11.8. The summed E-state index contributed by atoms with van der Waals surface area (Å²) < 4.78 is 10.8. The van der Waals surface area contributed by atoms with Crippen LogP contribution in [0.2, 0.25) is 0 Å². The third-order valence-electron chi connectivity index (χ3n) is 2.97. The summed E-state index contributed by atoms with van der Waals surface area (Å²) in [6.07, 6.45) is -0.610. The minimum atomic E-state index is -0.346. The fourth-order valence-electron chi connectivity index (χ4n) is 2.47. The Bertz CT molecular complexity index is 295. The van der Waals surface area contributed by atoms with Gasteiger partial charge in [-0.3, -0.25) is 4.90 Å². The molecule has 2 fully saturated rings. The number of aliphatic hydroxyl groups is 1. The number of alkyl carbamates (subject to hydrolysis) is 1. The maximum Gasteiger partial charge on any atom is 0.407 e. The van der Waals surface area contributed by atoms with Crippen LogP contribution in [-0.4, -0.2) is 66.7 Å². The molecule has 0 radical (unpaired) electrons. The van der Waals surface area contributed by atoms with Gasteiger partial charge in [-0.2, -0.15) is 0 Å². The highest BCUT2D eigenvalue weighted by molar-refractivity contribution is 5.69. The van der Waals surface area contributed by atoms with Crippen molar-refractivity contribution < 1.29 is 19.4 Å². The molecule has 2 atom stereocenters. The van der Waals surface area contributed by atoms with E-state index in [0.717, 1.165) is 6.54 Å². The molecule has 2 N–H and O–H groups in total. The van der Waals surface area contributed by atoms with Gasteiger partial charge in [-0.05, 0) is 13.8 Å². The van der Waals surface area contributed by atoms with Crippen molar-refractivity contribution in [3.05, 3.63) is 0 Å². The lowest BCUT2D eigenvalue weighted by molar-refractivity contribution is -0.152. The third-order valence-corrected chi connectivity index (χ3v) is 2.97. The van der Waals surface area contributed by atoms with Gasteiger partial charge in [-0.15, -0.1) is 0 Å². The summed E-state index contributed by atoms with van der Waals surface area (Å²) in [7, 11) is 0. The second kappa shape index (κ2) is 4.80. The van der Waals surface area contributed by atoms with E-state index >= 15 is 0 Å². The number of hydrogen-bond acceptors (Lipinski definition) is 5. The predicted molar refractivity (Wildman–Crippen MR) is 60.7 cm³/mol. The molecule has 17 heavy (non-hydrogen) atoms. The van der Waals surface area contributed by atoms with Crippen molar-refractivity contribution >= 4 is 6.09 Å². The zero-order valence-electron chi connectivity index (χ0n) is 10.3. The lowest BCUT2D eigenvalue weighted by atomic mass is 10.0. The van der Waals surface area contributed by atoms with Gasteiger partial charge >= 0.3 is 6.09 Å². The highest BCUT2D eigenvalue weighted by atomic mass is 16.6. The molecular formula is C11H20N2O4. The number of nitrogens with zero attached hydrogens (tertiary/aromatic N) is 1. The smallest absolute Gasteiger partial charge is 0.407 e. The Morgan fingerprint density at radius 1 is 1.53 bits per heavy atom. The van der Waals surface area contributed by atoms with Crippen LogP contribution in [0, 0.1) is 0 Å². The Kier molecular flexibility index (Phi) is 3.56. The fourth-order valence-corrected chi connectivity index (χ4v) is 2.47. The van der Waals surface area contributed by atoms with Crippen molar-refractivity contribution in [2.24, 2.45) is 0 Å². The van der Waals surface area contributed by atoms with E-state index in [-0.39, 0.29) is 30.5 Å². The number of cyclic esters (lactones) is 1. The van der Waals surface area contributed by atoms with E-state index < -0.39 is 0 Å². The number of morpholine rings is 1. The van der Waals surface area contributed by atoms with Crippen LogP contribution in [0.15, 0.2) is 0 Å². The molecule has 2 aliphatic heterocycles. The average molecular weight is 244 g/mol. The Morgan fingerprint density at radius 2 is 2.29 bits per heavy atom. The Labute approximate surface area is 101 Å². The summed E-state index contributed by atoms with van der Waals surface area (Å²) in [5.74, 6) is 0. The highest BCUT2D eigenvalue weighted by Gasteiger charge is 2.35. The van der Waals surface area contributed by atoms with Crippen molar-refractivity contribution in [2.45, 2.75) is 31.7 Å². The zero-order valence-corrected chi connectivity index (χ0v) is 10.3. The number of carbonyl (C=O) groups excluding carboxylic acids is 1. The molecule has 0 saturated carbocycles.